The number of rotatable bonds is 10. The van der Waals surface area contributed by atoms with Crippen molar-refractivity contribution in [3.8, 4) is 5.75 Å². The lowest BCUT2D eigenvalue weighted by Gasteiger charge is -2.30. The van der Waals surface area contributed by atoms with Crippen LogP contribution in [0, 0.1) is 6.92 Å². The highest BCUT2D eigenvalue weighted by Gasteiger charge is 2.27. The van der Waals surface area contributed by atoms with Gasteiger partial charge in [0, 0.05) is 25.0 Å². The van der Waals surface area contributed by atoms with Crippen molar-refractivity contribution in [3.63, 3.8) is 0 Å². The summed E-state index contributed by atoms with van der Waals surface area (Å²) >= 11 is 5.87. The predicted octanol–water partition coefficient (Wildman–Crippen LogP) is 4.36. The van der Waals surface area contributed by atoms with Crippen LogP contribution in [0.25, 0.3) is 0 Å². The molecule has 0 bridgehead atoms. The molecule has 0 heterocycles. The maximum Gasteiger partial charge on any atom is 0.242 e. The Morgan fingerprint density at radius 3 is 2.45 bits per heavy atom. The molecule has 29 heavy (non-hydrogen) atoms. The molecule has 0 spiro atoms. The molecule has 0 aliphatic rings. The van der Waals surface area contributed by atoms with Crippen LogP contribution in [-0.4, -0.2) is 36.4 Å². The number of hydrogen-bond acceptors (Lipinski definition) is 3. The van der Waals surface area contributed by atoms with Gasteiger partial charge in [-0.15, -0.1) is 0 Å². The Labute approximate surface area is 178 Å². The molecule has 2 amide bonds. The second kappa shape index (κ2) is 11.5. The Balaban J connectivity index is 2.02. The van der Waals surface area contributed by atoms with Gasteiger partial charge >= 0.3 is 0 Å². The number of halogens is 1. The van der Waals surface area contributed by atoms with Gasteiger partial charge in [0.15, 0.2) is 0 Å². The monoisotopic (exact) mass is 416 g/mol. The van der Waals surface area contributed by atoms with Gasteiger partial charge in [-0.1, -0.05) is 42.8 Å². The highest BCUT2D eigenvalue weighted by atomic mass is 35.5. The van der Waals surface area contributed by atoms with Crippen molar-refractivity contribution in [2.75, 3.05) is 13.7 Å². The zero-order chi connectivity index (χ0) is 21.2. The number of benzene rings is 2. The molecule has 1 atom stereocenters. The van der Waals surface area contributed by atoms with Crippen LogP contribution < -0.4 is 10.1 Å². The zero-order valence-electron chi connectivity index (χ0n) is 17.3. The largest absolute Gasteiger partial charge is 0.494 e. The number of aryl methyl sites for hydroxylation is 1. The van der Waals surface area contributed by atoms with Gasteiger partial charge in [-0.25, -0.2) is 0 Å². The van der Waals surface area contributed by atoms with Crippen LogP contribution >= 0.6 is 11.6 Å². The molecule has 5 nitrogen and oxygen atoms in total. The Kier molecular flexibility index (Phi) is 9.00. The van der Waals surface area contributed by atoms with Crippen LogP contribution in [0.15, 0.2) is 48.5 Å². The lowest BCUT2D eigenvalue weighted by Crippen LogP contribution is -2.48. The number of carbonyl (C=O) groups is 2. The fourth-order valence-electron chi connectivity index (χ4n) is 3.14. The van der Waals surface area contributed by atoms with Gasteiger partial charge < -0.3 is 15.0 Å². The van der Waals surface area contributed by atoms with Crippen molar-refractivity contribution in [1.82, 2.24) is 10.2 Å². The Morgan fingerprint density at radius 1 is 1.14 bits per heavy atom. The number of nitrogens with zero attached hydrogens (tertiary/aromatic N) is 1. The fourth-order valence-corrected chi connectivity index (χ4v) is 3.27. The molecule has 6 heteroatoms. The number of hydrogen-bond donors (Lipinski definition) is 1. The van der Waals surface area contributed by atoms with E-state index in [9.17, 15) is 9.59 Å². The third kappa shape index (κ3) is 6.79. The number of carbonyl (C=O) groups excluding carboxylic acids is 2. The van der Waals surface area contributed by atoms with Crippen LogP contribution in [0.3, 0.4) is 0 Å². The highest BCUT2D eigenvalue weighted by Crippen LogP contribution is 2.18. The normalized spacial score (nSPS) is 11.6. The average molecular weight is 417 g/mol. The molecule has 0 saturated carbocycles. The predicted molar refractivity (Wildman–Crippen MR) is 116 cm³/mol. The first-order valence-electron chi connectivity index (χ1n) is 9.90. The average Bonchev–Trinajstić information content (AvgIpc) is 2.73. The van der Waals surface area contributed by atoms with E-state index in [-0.39, 0.29) is 11.8 Å². The Morgan fingerprint density at radius 2 is 1.83 bits per heavy atom. The molecule has 0 saturated heterocycles. The molecule has 0 aliphatic heterocycles. The minimum atomic E-state index is -0.496. The minimum Gasteiger partial charge on any atom is -0.494 e. The molecule has 0 unspecified atom stereocenters. The van der Waals surface area contributed by atoms with Gasteiger partial charge in [-0.2, -0.15) is 0 Å². The number of amides is 2. The van der Waals surface area contributed by atoms with Crippen molar-refractivity contribution >= 4 is 23.4 Å². The van der Waals surface area contributed by atoms with Crippen molar-refractivity contribution in [1.29, 1.82) is 0 Å². The molecule has 156 valence electrons. The Bertz CT molecular complexity index is 808. The standard InChI is InChI=1S/C23H29ClN2O3/c1-4-21(23(28)25-3)26(16-18-9-6-5-8-17(18)2)22(27)10-7-15-29-20-13-11-19(24)12-14-20/h5-6,8-9,11-14,21H,4,7,10,15-16H2,1-3H3,(H,25,28)/t21-/m1/s1. The quantitative estimate of drug-likeness (QED) is 0.585. The minimum absolute atomic E-state index is 0.0524. The molecule has 0 radical (unpaired) electrons. The van der Waals surface area contributed by atoms with Gasteiger partial charge in [0.1, 0.15) is 11.8 Å². The first-order valence-corrected chi connectivity index (χ1v) is 10.3. The second-order valence-electron chi connectivity index (χ2n) is 6.89. The van der Waals surface area contributed by atoms with Gasteiger partial charge in [0.05, 0.1) is 6.61 Å². The van der Waals surface area contributed by atoms with E-state index >= 15 is 0 Å². The molecule has 0 aromatic heterocycles. The summed E-state index contributed by atoms with van der Waals surface area (Å²) in [5, 5.41) is 3.33. The third-order valence-corrected chi connectivity index (χ3v) is 5.10. The van der Waals surface area contributed by atoms with E-state index in [1.165, 1.54) is 0 Å². The molecule has 2 aromatic rings. The summed E-state index contributed by atoms with van der Waals surface area (Å²) in [5.41, 5.74) is 2.14. The lowest BCUT2D eigenvalue weighted by atomic mass is 10.1. The smallest absolute Gasteiger partial charge is 0.242 e. The first kappa shape index (κ1) is 22.8. The topological polar surface area (TPSA) is 58.6 Å². The molecule has 2 rings (SSSR count). The lowest BCUT2D eigenvalue weighted by molar-refractivity contribution is -0.141. The van der Waals surface area contributed by atoms with Crippen LogP contribution in [0.5, 0.6) is 5.75 Å². The molecule has 0 aliphatic carbocycles. The van der Waals surface area contributed by atoms with Gasteiger partial charge in [-0.05, 0) is 55.2 Å². The fraction of sp³-hybridized carbons (Fsp3) is 0.391. The maximum atomic E-state index is 13.0. The van der Waals surface area contributed by atoms with E-state index in [2.05, 4.69) is 5.32 Å². The summed E-state index contributed by atoms with van der Waals surface area (Å²) in [6.45, 7) is 4.76. The summed E-state index contributed by atoms with van der Waals surface area (Å²) < 4.78 is 5.68. The molecular formula is C23H29ClN2O3. The van der Waals surface area contributed by atoms with Crippen LogP contribution in [-0.2, 0) is 16.1 Å². The van der Waals surface area contributed by atoms with Gasteiger partial charge in [-0.3, -0.25) is 9.59 Å². The molecule has 0 fully saturated rings. The van der Waals surface area contributed by atoms with E-state index < -0.39 is 6.04 Å². The van der Waals surface area contributed by atoms with Crippen molar-refractivity contribution in [3.05, 3.63) is 64.7 Å². The van der Waals surface area contributed by atoms with Crippen molar-refractivity contribution < 1.29 is 14.3 Å². The number of ether oxygens (including phenoxy) is 1. The highest BCUT2D eigenvalue weighted by molar-refractivity contribution is 6.30. The summed E-state index contributed by atoms with van der Waals surface area (Å²) in [4.78, 5) is 27.1. The zero-order valence-corrected chi connectivity index (χ0v) is 18.0. The maximum absolute atomic E-state index is 13.0. The molecular weight excluding hydrogens is 388 g/mol. The first-order chi connectivity index (χ1) is 14.0. The van der Waals surface area contributed by atoms with Gasteiger partial charge in [0.2, 0.25) is 11.8 Å². The van der Waals surface area contributed by atoms with Crippen LogP contribution in [0.2, 0.25) is 5.02 Å². The summed E-state index contributed by atoms with van der Waals surface area (Å²) in [7, 11) is 1.60. The summed E-state index contributed by atoms with van der Waals surface area (Å²) in [6, 6.07) is 14.6. The van der Waals surface area contributed by atoms with E-state index in [1.54, 1.807) is 36.2 Å². The van der Waals surface area contributed by atoms with Crippen molar-refractivity contribution in [2.24, 2.45) is 0 Å². The van der Waals surface area contributed by atoms with E-state index in [0.717, 1.165) is 16.9 Å². The number of likely N-dealkylation sites (N-methyl/N-ethyl adjacent to an activating group) is 1. The summed E-state index contributed by atoms with van der Waals surface area (Å²) in [5.74, 6) is 0.519. The van der Waals surface area contributed by atoms with Crippen LogP contribution in [0.4, 0.5) is 0 Å². The molecule has 2 aromatic carbocycles. The van der Waals surface area contributed by atoms with E-state index in [1.807, 2.05) is 38.1 Å². The second-order valence-corrected chi connectivity index (χ2v) is 7.33. The summed E-state index contributed by atoms with van der Waals surface area (Å²) in [6.07, 6.45) is 1.43. The Hall–Kier alpha value is -2.53. The van der Waals surface area contributed by atoms with E-state index in [4.69, 9.17) is 16.3 Å². The molecule has 1 N–H and O–H groups in total. The number of nitrogens with one attached hydrogen (secondary N) is 1. The SMILES string of the molecule is CC[C@H](C(=O)NC)N(Cc1ccccc1C)C(=O)CCCOc1ccc(Cl)cc1. The van der Waals surface area contributed by atoms with E-state index in [0.29, 0.717) is 37.4 Å². The van der Waals surface area contributed by atoms with Gasteiger partial charge in [0.25, 0.3) is 0 Å². The van der Waals surface area contributed by atoms with Crippen molar-refractivity contribution in [2.45, 2.75) is 45.7 Å². The third-order valence-electron chi connectivity index (χ3n) is 4.85. The van der Waals surface area contributed by atoms with Crippen LogP contribution in [0.1, 0.15) is 37.3 Å².